The molecule has 0 N–H and O–H groups in total. The number of piperidine rings is 1. The van der Waals surface area contributed by atoms with Gasteiger partial charge in [0.2, 0.25) is 0 Å². The van der Waals surface area contributed by atoms with Crippen LogP contribution in [0.25, 0.3) is 0 Å². The Hall–Kier alpha value is -2.14. The van der Waals surface area contributed by atoms with Gasteiger partial charge in [0.15, 0.2) is 0 Å². The van der Waals surface area contributed by atoms with Crippen LogP contribution in [0, 0.1) is 5.92 Å². The van der Waals surface area contributed by atoms with E-state index < -0.39 is 0 Å². The van der Waals surface area contributed by atoms with Crippen molar-refractivity contribution in [3.05, 3.63) is 54.6 Å². The van der Waals surface area contributed by atoms with E-state index in [1.165, 1.54) is 12.8 Å². The first-order chi connectivity index (χ1) is 12.3. The molecule has 132 valence electrons. The second kappa shape index (κ2) is 7.40. The predicted octanol–water partition coefficient (Wildman–Crippen LogP) is 2.51. The first kappa shape index (κ1) is 16.3. The zero-order chi connectivity index (χ0) is 17.1. The van der Waals surface area contributed by atoms with Crippen molar-refractivity contribution >= 4 is 5.91 Å². The molecule has 5 heterocycles. The van der Waals surface area contributed by atoms with Gasteiger partial charge in [-0.15, -0.1) is 0 Å². The van der Waals surface area contributed by atoms with Crippen LogP contribution in [-0.4, -0.2) is 57.5 Å². The zero-order valence-corrected chi connectivity index (χ0v) is 14.6. The Kier molecular flexibility index (Phi) is 4.83. The number of hydrogen-bond donors (Lipinski definition) is 0. The maximum Gasteiger partial charge on any atom is 0.272 e. The molecular formula is C20H26N4O. The van der Waals surface area contributed by atoms with Crippen LogP contribution in [-0.2, 0) is 6.54 Å². The number of aryl methyl sites for hydroxylation is 1. The topological polar surface area (TPSA) is 41.4 Å². The summed E-state index contributed by atoms with van der Waals surface area (Å²) in [6.45, 7) is 5.03. The van der Waals surface area contributed by atoms with Gasteiger partial charge in [0.05, 0.1) is 0 Å². The normalized spacial score (nSPS) is 23.6. The van der Waals surface area contributed by atoms with E-state index in [9.17, 15) is 4.79 Å². The molecule has 0 saturated carbocycles. The highest BCUT2D eigenvalue weighted by molar-refractivity contribution is 5.92. The van der Waals surface area contributed by atoms with Gasteiger partial charge in [0.1, 0.15) is 5.69 Å². The number of pyridine rings is 1. The Bertz CT molecular complexity index is 685. The number of hydrogen-bond acceptors (Lipinski definition) is 3. The van der Waals surface area contributed by atoms with Crippen LogP contribution >= 0.6 is 0 Å². The third-order valence-electron chi connectivity index (χ3n) is 5.53. The van der Waals surface area contributed by atoms with Crippen molar-refractivity contribution in [3.63, 3.8) is 0 Å². The van der Waals surface area contributed by atoms with E-state index in [4.69, 9.17) is 0 Å². The minimum atomic E-state index is 0.0895. The Morgan fingerprint density at radius 3 is 2.72 bits per heavy atom. The summed E-state index contributed by atoms with van der Waals surface area (Å²) in [4.78, 5) is 21.7. The van der Waals surface area contributed by atoms with Gasteiger partial charge in [0, 0.05) is 57.4 Å². The molecule has 2 bridgehead atoms. The van der Waals surface area contributed by atoms with E-state index in [2.05, 4.69) is 39.0 Å². The number of rotatable bonds is 5. The summed E-state index contributed by atoms with van der Waals surface area (Å²) in [6, 6.07) is 10.2. The number of nitrogens with zero attached hydrogens (tertiary/aromatic N) is 4. The summed E-state index contributed by atoms with van der Waals surface area (Å²) < 4.78 is 2.24. The molecule has 5 rings (SSSR count). The van der Waals surface area contributed by atoms with E-state index >= 15 is 0 Å². The van der Waals surface area contributed by atoms with E-state index in [-0.39, 0.29) is 5.91 Å². The first-order valence-corrected chi connectivity index (χ1v) is 9.35. The summed E-state index contributed by atoms with van der Waals surface area (Å²) >= 11 is 0. The van der Waals surface area contributed by atoms with Crippen molar-refractivity contribution in [2.75, 3.05) is 26.2 Å². The highest BCUT2D eigenvalue weighted by atomic mass is 16.2. The molecule has 0 unspecified atom stereocenters. The van der Waals surface area contributed by atoms with Crippen molar-refractivity contribution in [1.82, 2.24) is 19.4 Å². The van der Waals surface area contributed by atoms with Gasteiger partial charge in [0.25, 0.3) is 5.91 Å². The Morgan fingerprint density at radius 2 is 1.92 bits per heavy atom. The largest absolute Gasteiger partial charge is 0.354 e. The van der Waals surface area contributed by atoms with Gasteiger partial charge in [-0.3, -0.25) is 14.7 Å². The standard InChI is InChI=1S/C20H26N4O/c25-20(19-6-1-2-9-21-19)24-15-17-7-8-18(16-24)23(14-17)13-5-12-22-10-3-4-11-22/h1-4,6,9-11,17-18H,5,7-8,12-16H2/t17-,18-/m0/s1. The van der Waals surface area contributed by atoms with Gasteiger partial charge < -0.3 is 9.47 Å². The van der Waals surface area contributed by atoms with Gasteiger partial charge in [-0.05, 0) is 49.4 Å². The van der Waals surface area contributed by atoms with E-state index in [1.54, 1.807) is 6.20 Å². The fraction of sp³-hybridized carbons (Fsp3) is 0.500. The molecule has 2 atom stereocenters. The molecule has 0 radical (unpaired) electrons. The van der Waals surface area contributed by atoms with Gasteiger partial charge in [-0.1, -0.05) is 6.07 Å². The van der Waals surface area contributed by atoms with Crippen LogP contribution in [0.4, 0.5) is 0 Å². The Labute approximate surface area is 149 Å². The summed E-state index contributed by atoms with van der Waals surface area (Å²) in [5.74, 6) is 0.685. The third-order valence-corrected chi connectivity index (χ3v) is 5.53. The zero-order valence-electron chi connectivity index (χ0n) is 14.6. The quantitative estimate of drug-likeness (QED) is 0.841. The average molecular weight is 338 g/mol. The second-order valence-corrected chi connectivity index (χ2v) is 7.29. The second-order valence-electron chi connectivity index (χ2n) is 7.29. The molecule has 3 aliphatic rings. The third kappa shape index (κ3) is 3.76. The molecule has 5 nitrogen and oxygen atoms in total. The van der Waals surface area contributed by atoms with E-state index in [1.807, 2.05) is 23.1 Å². The van der Waals surface area contributed by atoms with Crippen molar-refractivity contribution in [2.45, 2.75) is 31.8 Å². The fourth-order valence-corrected chi connectivity index (χ4v) is 4.25. The summed E-state index contributed by atoms with van der Waals surface area (Å²) in [5.41, 5.74) is 0.572. The monoisotopic (exact) mass is 338 g/mol. The first-order valence-electron chi connectivity index (χ1n) is 9.35. The number of aromatic nitrogens is 2. The maximum absolute atomic E-state index is 12.8. The average Bonchev–Trinajstić information content (AvgIpc) is 3.00. The fourth-order valence-electron chi connectivity index (χ4n) is 4.25. The number of fused-ring (bicyclic) bond motifs is 4. The van der Waals surface area contributed by atoms with Gasteiger partial charge >= 0.3 is 0 Å². The van der Waals surface area contributed by atoms with Crippen molar-refractivity contribution in [2.24, 2.45) is 5.92 Å². The minimum absolute atomic E-state index is 0.0895. The summed E-state index contributed by atoms with van der Waals surface area (Å²) in [7, 11) is 0. The minimum Gasteiger partial charge on any atom is -0.354 e. The molecule has 1 amide bonds. The molecule has 3 fully saturated rings. The molecule has 25 heavy (non-hydrogen) atoms. The number of carbonyl (C=O) groups excluding carboxylic acids is 1. The van der Waals surface area contributed by atoms with Gasteiger partial charge in [-0.2, -0.15) is 0 Å². The van der Waals surface area contributed by atoms with Crippen molar-refractivity contribution < 1.29 is 4.79 Å². The molecule has 2 aromatic rings. The molecule has 3 aliphatic heterocycles. The molecule has 0 spiro atoms. The summed E-state index contributed by atoms with van der Waals surface area (Å²) in [5, 5.41) is 0. The molecule has 0 aromatic carbocycles. The SMILES string of the molecule is O=C(c1ccccn1)N1C[C@H]2CC[C@@H](C1)N(CCCn1cccc1)C2. The van der Waals surface area contributed by atoms with Gasteiger partial charge in [-0.25, -0.2) is 0 Å². The van der Waals surface area contributed by atoms with E-state index in [0.29, 0.717) is 17.7 Å². The smallest absolute Gasteiger partial charge is 0.272 e. The highest BCUT2D eigenvalue weighted by Crippen LogP contribution is 2.28. The Morgan fingerprint density at radius 1 is 1.04 bits per heavy atom. The Balaban J connectivity index is 1.37. The lowest BCUT2D eigenvalue weighted by Crippen LogP contribution is -2.45. The lowest BCUT2D eigenvalue weighted by atomic mass is 9.95. The maximum atomic E-state index is 12.8. The lowest BCUT2D eigenvalue weighted by molar-refractivity contribution is 0.0731. The lowest BCUT2D eigenvalue weighted by Gasteiger charge is -2.36. The highest BCUT2D eigenvalue weighted by Gasteiger charge is 2.36. The van der Waals surface area contributed by atoms with Crippen molar-refractivity contribution in [3.8, 4) is 0 Å². The van der Waals surface area contributed by atoms with Crippen molar-refractivity contribution in [1.29, 1.82) is 0 Å². The van der Waals surface area contributed by atoms with Crippen LogP contribution < -0.4 is 0 Å². The van der Waals surface area contributed by atoms with E-state index in [0.717, 1.165) is 39.1 Å². The molecule has 2 aromatic heterocycles. The number of carbonyl (C=O) groups is 1. The molecule has 0 aliphatic carbocycles. The number of amides is 1. The molecule has 5 heteroatoms. The van der Waals surface area contributed by atoms with Crippen LogP contribution in [0.5, 0.6) is 0 Å². The predicted molar refractivity (Wildman–Crippen MR) is 97.3 cm³/mol. The molecule has 3 saturated heterocycles. The van der Waals surface area contributed by atoms with Crippen LogP contribution in [0.15, 0.2) is 48.9 Å². The molecular weight excluding hydrogens is 312 g/mol. The van der Waals surface area contributed by atoms with Crippen LogP contribution in [0.1, 0.15) is 29.8 Å². The summed E-state index contributed by atoms with van der Waals surface area (Å²) in [6.07, 6.45) is 9.56. The van der Waals surface area contributed by atoms with Crippen LogP contribution in [0.2, 0.25) is 0 Å². The van der Waals surface area contributed by atoms with Crippen LogP contribution in [0.3, 0.4) is 0 Å².